The number of anilines is 2. The van der Waals surface area contributed by atoms with E-state index in [0.29, 0.717) is 33.4 Å². The van der Waals surface area contributed by atoms with Gasteiger partial charge in [-0.05, 0) is 67.4 Å². The Balaban J connectivity index is 1.64. The summed E-state index contributed by atoms with van der Waals surface area (Å²) in [6, 6.07) is 17.9. The highest BCUT2D eigenvalue weighted by atomic mass is 35.5. The van der Waals surface area contributed by atoms with Crippen molar-refractivity contribution in [3.05, 3.63) is 87.9 Å². The Morgan fingerprint density at radius 3 is 2.50 bits per heavy atom. The van der Waals surface area contributed by atoms with Crippen LogP contribution in [0.2, 0.25) is 10.0 Å². The van der Waals surface area contributed by atoms with E-state index in [2.05, 4.69) is 5.32 Å². The first-order valence-electron chi connectivity index (χ1n) is 9.26. The van der Waals surface area contributed by atoms with E-state index in [9.17, 15) is 13.2 Å². The number of carbonyl (C=O) groups excluding carboxylic acids is 1. The van der Waals surface area contributed by atoms with Crippen molar-refractivity contribution in [2.75, 3.05) is 9.62 Å². The molecule has 8 heteroatoms. The van der Waals surface area contributed by atoms with Crippen LogP contribution in [-0.2, 0) is 16.4 Å². The molecule has 0 unspecified atom stereocenters. The van der Waals surface area contributed by atoms with Gasteiger partial charge in [0.2, 0.25) is 0 Å². The van der Waals surface area contributed by atoms with Crippen LogP contribution in [0.25, 0.3) is 0 Å². The molecule has 5 nitrogen and oxygen atoms in total. The Morgan fingerprint density at radius 2 is 1.77 bits per heavy atom. The number of sulfonamides is 1. The highest BCUT2D eigenvalue weighted by Crippen LogP contribution is 2.37. The Labute approximate surface area is 185 Å². The first-order chi connectivity index (χ1) is 14.3. The van der Waals surface area contributed by atoms with E-state index in [1.807, 2.05) is 6.92 Å². The second kappa shape index (κ2) is 7.95. The lowest BCUT2D eigenvalue weighted by Gasteiger charge is -2.24. The molecule has 0 saturated carbocycles. The Morgan fingerprint density at radius 1 is 1.03 bits per heavy atom. The second-order valence-corrected chi connectivity index (χ2v) is 9.75. The summed E-state index contributed by atoms with van der Waals surface area (Å²) < 4.78 is 27.7. The van der Waals surface area contributed by atoms with Gasteiger partial charge in [-0.1, -0.05) is 41.4 Å². The number of nitrogens with one attached hydrogen (secondary N) is 1. The zero-order valence-electron chi connectivity index (χ0n) is 16.0. The number of fused-ring (bicyclic) bond motifs is 1. The van der Waals surface area contributed by atoms with Gasteiger partial charge in [-0.3, -0.25) is 9.10 Å². The van der Waals surface area contributed by atoms with Gasteiger partial charge in [-0.15, -0.1) is 0 Å². The summed E-state index contributed by atoms with van der Waals surface area (Å²) in [7, 11) is -3.69. The molecular weight excluding hydrogens is 443 g/mol. The van der Waals surface area contributed by atoms with Crippen molar-refractivity contribution >= 4 is 50.5 Å². The van der Waals surface area contributed by atoms with Crippen molar-refractivity contribution in [2.24, 2.45) is 0 Å². The lowest BCUT2D eigenvalue weighted by molar-refractivity contribution is 0.102. The molecular formula is C22H18Cl2N2O3S. The smallest absolute Gasteiger partial charge is 0.264 e. The normalized spacial score (nSPS) is 15.7. The van der Waals surface area contributed by atoms with Gasteiger partial charge in [0.1, 0.15) is 0 Å². The summed E-state index contributed by atoms with van der Waals surface area (Å²) in [6.45, 7) is 1.85. The molecule has 4 rings (SSSR count). The highest BCUT2D eigenvalue weighted by Gasteiger charge is 2.36. The van der Waals surface area contributed by atoms with Gasteiger partial charge < -0.3 is 5.32 Å². The van der Waals surface area contributed by atoms with E-state index < -0.39 is 10.0 Å². The number of halogens is 2. The third-order valence-corrected chi connectivity index (χ3v) is 7.48. The number of hydrogen-bond acceptors (Lipinski definition) is 3. The molecule has 1 heterocycles. The van der Waals surface area contributed by atoms with Crippen molar-refractivity contribution < 1.29 is 13.2 Å². The van der Waals surface area contributed by atoms with Crippen LogP contribution >= 0.6 is 23.2 Å². The van der Waals surface area contributed by atoms with Crippen LogP contribution in [0.3, 0.4) is 0 Å². The van der Waals surface area contributed by atoms with Crippen LogP contribution < -0.4 is 9.62 Å². The number of benzene rings is 3. The zero-order chi connectivity index (χ0) is 21.5. The van der Waals surface area contributed by atoms with Crippen LogP contribution in [0.5, 0.6) is 0 Å². The molecule has 154 valence electrons. The molecule has 0 bridgehead atoms. The van der Waals surface area contributed by atoms with Crippen molar-refractivity contribution in [1.82, 2.24) is 0 Å². The second-order valence-electron chi connectivity index (χ2n) is 7.09. The standard InChI is InChI=1S/C22H18Cl2N2O3S/c1-14-11-16-12-15(22(27)25-20-13-17(23)8-9-19(20)24)7-10-21(16)26(14)30(28,29)18-5-3-2-4-6-18/h2-10,12-14H,11H2,1H3,(H,25,27)/t14-/m0/s1. The van der Waals surface area contributed by atoms with Gasteiger partial charge in [-0.25, -0.2) is 8.42 Å². The van der Waals surface area contributed by atoms with Gasteiger partial charge in [0.15, 0.2) is 0 Å². The number of carbonyl (C=O) groups is 1. The molecule has 0 spiro atoms. The summed E-state index contributed by atoms with van der Waals surface area (Å²) in [6.07, 6.45) is 0.514. The predicted octanol–water partition coefficient (Wildman–Crippen LogP) is 5.39. The average Bonchev–Trinajstić information content (AvgIpc) is 3.07. The van der Waals surface area contributed by atoms with E-state index in [4.69, 9.17) is 23.2 Å². The first-order valence-corrected chi connectivity index (χ1v) is 11.5. The fourth-order valence-electron chi connectivity index (χ4n) is 3.60. The van der Waals surface area contributed by atoms with Crippen molar-refractivity contribution in [3.63, 3.8) is 0 Å². The van der Waals surface area contributed by atoms with E-state index in [1.54, 1.807) is 66.7 Å². The summed E-state index contributed by atoms with van der Waals surface area (Å²) in [4.78, 5) is 13.0. The fourth-order valence-corrected chi connectivity index (χ4v) is 5.65. The molecule has 0 fully saturated rings. The van der Waals surface area contributed by atoms with Gasteiger partial charge in [-0.2, -0.15) is 0 Å². The number of rotatable bonds is 4. The molecule has 0 saturated heterocycles. The van der Waals surface area contributed by atoms with E-state index >= 15 is 0 Å². The monoisotopic (exact) mass is 460 g/mol. The van der Waals surface area contributed by atoms with Gasteiger partial charge in [0.05, 0.1) is 21.3 Å². The number of amides is 1. The fraction of sp³-hybridized carbons (Fsp3) is 0.136. The minimum absolute atomic E-state index is 0.238. The molecule has 0 aromatic heterocycles. The molecule has 1 N–H and O–H groups in total. The lowest BCUT2D eigenvalue weighted by atomic mass is 10.1. The van der Waals surface area contributed by atoms with E-state index in [0.717, 1.165) is 5.56 Å². The third kappa shape index (κ3) is 3.78. The highest BCUT2D eigenvalue weighted by molar-refractivity contribution is 7.92. The molecule has 3 aromatic carbocycles. The first kappa shape index (κ1) is 20.7. The van der Waals surface area contributed by atoms with Gasteiger partial charge >= 0.3 is 0 Å². The lowest BCUT2D eigenvalue weighted by Crippen LogP contribution is -2.35. The minimum atomic E-state index is -3.69. The third-order valence-electron chi connectivity index (χ3n) is 4.97. The van der Waals surface area contributed by atoms with E-state index in [1.165, 1.54) is 4.31 Å². The molecule has 1 aliphatic heterocycles. The van der Waals surface area contributed by atoms with Crippen LogP contribution in [-0.4, -0.2) is 20.4 Å². The number of nitrogens with zero attached hydrogens (tertiary/aromatic N) is 1. The summed E-state index contributed by atoms with van der Waals surface area (Å²) >= 11 is 12.1. The molecule has 30 heavy (non-hydrogen) atoms. The van der Waals surface area contributed by atoms with Crippen LogP contribution in [0, 0.1) is 0 Å². The quantitative estimate of drug-likeness (QED) is 0.567. The van der Waals surface area contributed by atoms with Crippen LogP contribution in [0.15, 0.2) is 71.6 Å². The summed E-state index contributed by atoms with van der Waals surface area (Å²) in [5, 5.41) is 3.58. The van der Waals surface area contributed by atoms with Crippen LogP contribution in [0.4, 0.5) is 11.4 Å². The minimum Gasteiger partial charge on any atom is -0.321 e. The summed E-state index contributed by atoms with van der Waals surface area (Å²) in [5.74, 6) is -0.348. The molecule has 3 aromatic rings. The molecule has 1 amide bonds. The SMILES string of the molecule is C[C@H]1Cc2cc(C(=O)Nc3cc(Cl)ccc3Cl)ccc2N1S(=O)(=O)c1ccccc1. The molecule has 0 radical (unpaired) electrons. The largest absolute Gasteiger partial charge is 0.321 e. The molecule has 0 aliphatic carbocycles. The summed E-state index contributed by atoms with van der Waals surface area (Å²) in [5.41, 5.74) is 2.21. The Bertz CT molecular complexity index is 1230. The molecule has 1 aliphatic rings. The van der Waals surface area contributed by atoms with Crippen molar-refractivity contribution in [2.45, 2.75) is 24.3 Å². The van der Waals surface area contributed by atoms with Crippen molar-refractivity contribution in [1.29, 1.82) is 0 Å². The maximum absolute atomic E-state index is 13.2. The van der Waals surface area contributed by atoms with Crippen molar-refractivity contribution in [3.8, 4) is 0 Å². The average molecular weight is 461 g/mol. The molecule has 1 atom stereocenters. The Hall–Kier alpha value is -2.54. The van der Waals surface area contributed by atoms with Crippen LogP contribution in [0.1, 0.15) is 22.8 Å². The maximum Gasteiger partial charge on any atom is 0.264 e. The zero-order valence-corrected chi connectivity index (χ0v) is 18.3. The van der Waals surface area contributed by atoms with Gasteiger partial charge in [0, 0.05) is 16.6 Å². The number of hydrogen-bond donors (Lipinski definition) is 1. The maximum atomic E-state index is 13.2. The predicted molar refractivity (Wildman–Crippen MR) is 120 cm³/mol. The van der Waals surface area contributed by atoms with E-state index in [-0.39, 0.29) is 16.8 Å². The topological polar surface area (TPSA) is 66.5 Å². The Kier molecular flexibility index (Phi) is 5.49. The van der Waals surface area contributed by atoms with Gasteiger partial charge in [0.25, 0.3) is 15.9 Å².